The van der Waals surface area contributed by atoms with E-state index in [1.54, 1.807) is 0 Å². The number of carbonyl (C=O) groups excluding carboxylic acids is 3. The highest BCUT2D eigenvalue weighted by Gasteiger charge is 2.38. The zero-order valence-corrected chi connectivity index (χ0v) is 10.8. The van der Waals surface area contributed by atoms with Gasteiger partial charge in [0, 0.05) is 12.5 Å². The third-order valence-corrected chi connectivity index (χ3v) is 3.37. The molecule has 1 aromatic carbocycles. The lowest BCUT2D eigenvalue weighted by molar-refractivity contribution is 0.0959. The fraction of sp³-hybridized carbons (Fsp3) is 0.133. The normalized spacial score (nSPS) is 13.1. The number of aryl methyl sites for hydroxylation is 1. The average Bonchev–Trinajstić information content (AvgIpc) is 2.74. The van der Waals surface area contributed by atoms with Crippen LogP contribution in [0.1, 0.15) is 55.1 Å². The van der Waals surface area contributed by atoms with E-state index in [1.165, 1.54) is 32.0 Å². The van der Waals surface area contributed by atoms with Crippen LogP contribution in [0.25, 0.3) is 0 Å². The minimum absolute atomic E-state index is 0.00176. The van der Waals surface area contributed by atoms with Crippen LogP contribution in [0.3, 0.4) is 0 Å². The standard InChI is InChI=1S/C15H10O5/c1-6(16)15-12-10(7(2)20-15)14(19)11-8(13(12)18)4-3-5-9(11)17/h3-5,17H,1-2H3. The molecule has 1 aliphatic rings. The Balaban J connectivity index is 2.40. The van der Waals surface area contributed by atoms with Crippen LogP contribution in [-0.4, -0.2) is 22.5 Å². The molecule has 2 aromatic rings. The zero-order valence-electron chi connectivity index (χ0n) is 10.8. The number of Topliss-reactive ketones (excluding diaryl/α,β-unsaturated/α-hetero) is 1. The molecule has 1 aromatic heterocycles. The molecule has 0 saturated heterocycles. The Hall–Kier alpha value is -2.69. The molecule has 0 unspecified atom stereocenters. The molecule has 5 nitrogen and oxygen atoms in total. The summed E-state index contributed by atoms with van der Waals surface area (Å²) in [5, 5.41) is 9.81. The van der Waals surface area contributed by atoms with E-state index in [0.29, 0.717) is 0 Å². The van der Waals surface area contributed by atoms with E-state index in [1.807, 2.05) is 0 Å². The van der Waals surface area contributed by atoms with Crippen LogP contribution in [-0.2, 0) is 0 Å². The van der Waals surface area contributed by atoms with Crippen LogP contribution < -0.4 is 0 Å². The quantitative estimate of drug-likeness (QED) is 0.685. The lowest BCUT2D eigenvalue weighted by Gasteiger charge is -2.15. The third-order valence-electron chi connectivity index (χ3n) is 3.37. The summed E-state index contributed by atoms with van der Waals surface area (Å²) in [5.41, 5.74) is 0.113. The smallest absolute Gasteiger partial charge is 0.201 e. The molecule has 0 spiro atoms. The molecule has 20 heavy (non-hydrogen) atoms. The molecule has 0 bridgehead atoms. The Morgan fingerprint density at radius 2 is 1.80 bits per heavy atom. The number of fused-ring (bicyclic) bond motifs is 2. The summed E-state index contributed by atoms with van der Waals surface area (Å²) >= 11 is 0. The van der Waals surface area contributed by atoms with Gasteiger partial charge in [0.2, 0.25) is 5.78 Å². The second kappa shape index (κ2) is 3.90. The first-order chi connectivity index (χ1) is 9.43. The number of furan rings is 1. The maximum atomic E-state index is 12.5. The second-order valence-corrected chi connectivity index (χ2v) is 4.65. The third kappa shape index (κ3) is 1.40. The van der Waals surface area contributed by atoms with E-state index in [4.69, 9.17) is 4.42 Å². The predicted octanol–water partition coefficient (Wildman–Crippen LogP) is 2.27. The number of ketones is 3. The highest BCUT2D eigenvalue weighted by molar-refractivity contribution is 6.31. The molecule has 0 aliphatic heterocycles. The number of benzene rings is 1. The molecule has 3 rings (SSSR count). The van der Waals surface area contributed by atoms with E-state index in [9.17, 15) is 19.5 Å². The highest BCUT2D eigenvalue weighted by Crippen LogP contribution is 2.36. The van der Waals surface area contributed by atoms with Gasteiger partial charge in [0.1, 0.15) is 11.5 Å². The van der Waals surface area contributed by atoms with Gasteiger partial charge >= 0.3 is 0 Å². The van der Waals surface area contributed by atoms with E-state index in [2.05, 4.69) is 0 Å². The number of phenolic OH excluding ortho intramolecular Hbond substituents is 1. The van der Waals surface area contributed by atoms with Crippen LogP contribution in [0.2, 0.25) is 0 Å². The molecule has 1 heterocycles. The van der Waals surface area contributed by atoms with Gasteiger partial charge in [-0.25, -0.2) is 0 Å². The lowest BCUT2D eigenvalue weighted by Crippen LogP contribution is -2.21. The zero-order chi connectivity index (χ0) is 14.6. The number of phenols is 1. The number of rotatable bonds is 1. The summed E-state index contributed by atoms with van der Waals surface area (Å²) in [7, 11) is 0. The van der Waals surface area contributed by atoms with Gasteiger partial charge in [-0.3, -0.25) is 14.4 Å². The topological polar surface area (TPSA) is 84.6 Å². The first-order valence-electron chi connectivity index (χ1n) is 5.99. The van der Waals surface area contributed by atoms with Crippen molar-refractivity contribution in [2.45, 2.75) is 13.8 Å². The van der Waals surface area contributed by atoms with Crippen molar-refractivity contribution in [2.75, 3.05) is 0 Å². The lowest BCUT2D eigenvalue weighted by atomic mass is 9.83. The molecule has 1 aliphatic carbocycles. The SMILES string of the molecule is CC(=O)c1oc(C)c2c1C(=O)c1cccc(O)c1C2=O. The van der Waals surface area contributed by atoms with Crippen molar-refractivity contribution >= 4 is 17.3 Å². The van der Waals surface area contributed by atoms with Gasteiger partial charge in [-0.2, -0.15) is 0 Å². The number of hydrogen-bond donors (Lipinski definition) is 1. The van der Waals surface area contributed by atoms with E-state index < -0.39 is 17.3 Å². The molecular weight excluding hydrogens is 260 g/mol. The van der Waals surface area contributed by atoms with Crippen LogP contribution in [0, 0.1) is 6.92 Å². The fourth-order valence-corrected chi connectivity index (χ4v) is 2.51. The Morgan fingerprint density at radius 1 is 1.10 bits per heavy atom. The highest BCUT2D eigenvalue weighted by atomic mass is 16.3. The number of hydrogen-bond acceptors (Lipinski definition) is 5. The van der Waals surface area contributed by atoms with Crippen molar-refractivity contribution in [2.24, 2.45) is 0 Å². The Kier molecular flexibility index (Phi) is 2.41. The maximum absolute atomic E-state index is 12.5. The van der Waals surface area contributed by atoms with Crippen molar-refractivity contribution in [3.8, 4) is 5.75 Å². The molecule has 1 N–H and O–H groups in total. The molecular formula is C15H10O5. The van der Waals surface area contributed by atoms with Gasteiger partial charge in [0.15, 0.2) is 17.3 Å². The number of aromatic hydroxyl groups is 1. The Bertz CT molecular complexity index is 795. The van der Waals surface area contributed by atoms with Crippen LogP contribution in [0.5, 0.6) is 5.75 Å². The van der Waals surface area contributed by atoms with E-state index >= 15 is 0 Å². The summed E-state index contributed by atoms with van der Waals surface area (Å²) in [6.07, 6.45) is 0. The minimum atomic E-state index is -0.499. The summed E-state index contributed by atoms with van der Waals surface area (Å²) in [4.78, 5) is 36.5. The second-order valence-electron chi connectivity index (χ2n) is 4.65. The summed E-state index contributed by atoms with van der Waals surface area (Å²) < 4.78 is 5.27. The summed E-state index contributed by atoms with van der Waals surface area (Å²) in [5.74, 6) is -1.55. The van der Waals surface area contributed by atoms with Gasteiger partial charge in [-0.1, -0.05) is 12.1 Å². The first kappa shape index (κ1) is 12.3. The molecule has 0 fully saturated rings. The van der Waals surface area contributed by atoms with Crippen molar-refractivity contribution < 1.29 is 23.9 Å². The van der Waals surface area contributed by atoms with Gasteiger partial charge in [0.05, 0.1) is 16.7 Å². The monoisotopic (exact) mass is 270 g/mol. The maximum Gasteiger partial charge on any atom is 0.201 e. The molecule has 0 atom stereocenters. The summed E-state index contributed by atoms with van der Waals surface area (Å²) in [6.45, 7) is 2.79. The average molecular weight is 270 g/mol. The largest absolute Gasteiger partial charge is 0.507 e. The summed E-state index contributed by atoms with van der Waals surface area (Å²) in [6, 6.07) is 4.27. The van der Waals surface area contributed by atoms with Crippen molar-refractivity contribution in [3.63, 3.8) is 0 Å². The van der Waals surface area contributed by atoms with Gasteiger partial charge in [-0.05, 0) is 13.0 Å². The predicted molar refractivity (Wildman–Crippen MR) is 68.4 cm³/mol. The van der Waals surface area contributed by atoms with E-state index in [0.717, 1.165) is 0 Å². The Morgan fingerprint density at radius 3 is 2.45 bits per heavy atom. The Labute approximate surface area is 113 Å². The minimum Gasteiger partial charge on any atom is -0.507 e. The first-order valence-corrected chi connectivity index (χ1v) is 5.99. The molecule has 5 heteroatoms. The van der Waals surface area contributed by atoms with Crippen LogP contribution >= 0.6 is 0 Å². The molecule has 100 valence electrons. The van der Waals surface area contributed by atoms with Crippen LogP contribution in [0.15, 0.2) is 22.6 Å². The molecule has 0 saturated carbocycles. The van der Waals surface area contributed by atoms with Crippen molar-refractivity contribution in [3.05, 3.63) is 52.0 Å². The van der Waals surface area contributed by atoms with Crippen molar-refractivity contribution in [1.82, 2.24) is 0 Å². The van der Waals surface area contributed by atoms with E-state index in [-0.39, 0.29) is 39.5 Å². The molecule has 0 amide bonds. The van der Waals surface area contributed by atoms with Gasteiger partial charge < -0.3 is 9.52 Å². The van der Waals surface area contributed by atoms with Crippen molar-refractivity contribution in [1.29, 1.82) is 0 Å². The fourth-order valence-electron chi connectivity index (χ4n) is 2.51. The van der Waals surface area contributed by atoms with Gasteiger partial charge in [0.25, 0.3) is 0 Å². The number of carbonyl (C=O) groups is 3. The van der Waals surface area contributed by atoms with Crippen LogP contribution in [0.4, 0.5) is 0 Å². The molecule has 0 radical (unpaired) electrons. The van der Waals surface area contributed by atoms with Gasteiger partial charge in [-0.15, -0.1) is 0 Å².